The van der Waals surface area contributed by atoms with Crippen LogP contribution in [0.2, 0.25) is 0 Å². The molecular formula is C15H15BrN2OS. The smallest absolute Gasteiger partial charge is 0.175 e. The van der Waals surface area contributed by atoms with Crippen molar-refractivity contribution in [2.24, 2.45) is 0 Å². The quantitative estimate of drug-likeness (QED) is 0.794. The second-order valence-corrected chi connectivity index (χ2v) is 5.59. The minimum Gasteiger partial charge on any atom is -0.497 e. The van der Waals surface area contributed by atoms with Crippen molar-refractivity contribution < 1.29 is 4.74 Å². The molecule has 104 valence electrons. The molecule has 2 aromatic carbocycles. The fourth-order valence-corrected chi connectivity index (χ4v) is 2.21. The summed E-state index contributed by atoms with van der Waals surface area (Å²) in [4.78, 5) is 0. The van der Waals surface area contributed by atoms with E-state index in [0.29, 0.717) is 5.11 Å². The number of benzene rings is 2. The van der Waals surface area contributed by atoms with Crippen LogP contribution >= 0.6 is 28.1 Å². The lowest BCUT2D eigenvalue weighted by molar-refractivity contribution is 0.414. The molecule has 0 aliphatic rings. The Morgan fingerprint density at radius 3 is 2.40 bits per heavy atom. The Morgan fingerprint density at radius 2 is 1.80 bits per heavy atom. The van der Waals surface area contributed by atoms with E-state index in [1.807, 2.05) is 49.4 Å². The summed E-state index contributed by atoms with van der Waals surface area (Å²) in [7, 11) is 1.65. The van der Waals surface area contributed by atoms with E-state index in [1.54, 1.807) is 7.11 Å². The number of anilines is 2. The maximum Gasteiger partial charge on any atom is 0.175 e. The molecule has 3 nitrogen and oxygen atoms in total. The average Bonchev–Trinajstić information content (AvgIpc) is 2.43. The van der Waals surface area contributed by atoms with Crippen LogP contribution in [0.3, 0.4) is 0 Å². The van der Waals surface area contributed by atoms with Crippen molar-refractivity contribution >= 4 is 44.6 Å². The zero-order valence-electron chi connectivity index (χ0n) is 11.2. The Balaban J connectivity index is 2.02. The van der Waals surface area contributed by atoms with Crippen LogP contribution in [0.4, 0.5) is 11.4 Å². The van der Waals surface area contributed by atoms with Crippen LogP contribution in [0.15, 0.2) is 46.9 Å². The van der Waals surface area contributed by atoms with E-state index < -0.39 is 0 Å². The summed E-state index contributed by atoms with van der Waals surface area (Å²) < 4.78 is 6.22. The van der Waals surface area contributed by atoms with Gasteiger partial charge in [0.25, 0.3) is 0 Å². The van der Waals surface area contributed by atoms with Crippen molar-refractivity contribution in [2.75, 3.05) is 17.7 Å². The first-order valence-corrected chi connectivity index (χ1v) is 7.27. The third-order valence-corrected chi connectivity index (χ3v) is 3.52. The van der Waals surface area contributed by atoms with Gasteiger partial charge < -0.3 is 15.4 Å². The number of rotatable bonds is 3. The number of nitrogens with one attached hydrogen (secondary N) is 2. The average molecular weight is 351 g/mol. The highest BCUT2D eigenvalue weighted by molar-refractivity contribution is 9.10. The van der Waals surface area contributed by atoms with E-state index in [9.17, 15) is 0 Å². The molecule has 0 heterocycles. The Labute approximate surface area is 132 Å². The number of thiocarbonyl (C=S) groups is 1. The lowest BCUT2D eigenvalue weighted by Gasteiger charge is -2.13. The van der Waals surface area contributed by atoms with Gasteiger partial charge in [-0.15, -0.1) is 0 Å². The minimum absolute atomic E-state index is 0.556. The van der Waals surface area contributed by atoms with Gasteiger partial charge in [0.15, 0.2) is 5.11 Å². The summed E-state index contributed by atoms with van der Waals surface area (Å²) in [5, 5.41) is 6.88. The van der Waals surface area contributed by atoms with Gasteiger partial charge >= 0.3 is 0 Å². The topological polar surface area (TPSA) is 33.3 Å². The van der Waals surface area contributed by atoms with Gasteiger partial charge in [0.05, 0.1) is 7.11 Å². The van der Waals surface area contributed by atoms with E-state index in [-0.39, 0.29) is 0 Å². The molecule has 0 aliphatic heterocycles. The zero-order chi connectivity index (χ0) is 14.5. The molecule has 5 heteroatoms. The van der Waals surface area contributed by atoms with E-state index in [2.05, 4.69) is 26.6 Å². The molecule has 0 fully saturated rings. The Hall–Kier alpha value is -1.59. The first-order chi connectivity index (χ1) is 9.58. The molecule has 0 saturated heterocycles. The molecule has 0 aromatic heterocycles. The summed E-state index contributed by atoms with van der Waals surface area (Å²) in [6.07, 6.45) is 0. The van der Waals surface area contributed by atoms with Crippen molar-refractivity contribution in [1.29, 1.82) is 0 Å². The maximum atomic E-state index is 5.31. The van der Waals surface area contributed by atoms with Gasteiger partial charge in [0, 0.05) is 15.8 Å². The highest BCUT2D eigenvalue weighted by atomic mass is 79.9. The van der Waals surface area contributed by atoms with Crippen LogP contribution in [0.25, 0.3) is 0 Å². The van der Waals surface area contributed by atoms with Crippen molar-refractivity contribution in [2.45, 2.75) is 6.92 Å². The summed E-state index contributed by atoms with van der Waals surface area (Å²) in [5.41, 5.74) is 2.97. The summed E-state index contributed by atoms with van der Waals surface area (Å²) >= 11 is 8.71. The highest BCUT2D eigenvalue weighted by Crippen LogP contribution is 2.21. The second-order valence-electron chi connectivity index (χ2n) is 4.27. The molecule has 0 aliphatic carbocycles. The summed E-state index contributed by atoms with van der Waals surface area (Å²) in [6, 6.07) is 13.6. The van der Waals surface area contributed by atoms with Gasteiger partial charge in [0.1, 0.15) is 5.75 Å². The fraction of sp³-hybridized carbons (Fsp3) is 0.133. The zero-order valence-corrected chi connectivity index (χ0v) is 13.6. The second kappa shape index (κ2) is 6.72. The van der Waals surface area contributed by atoms with Gasteiger partial charge in [0.2, 0.25) is 0 Å². The molecule has 0 saturated carbocycles. The first kappa shape index (κ1) is 14.8. The number of methoxy groups -OCH3 is 1. The van der Waals surface area contributed by atoms with Crippen molar-refractivity contribution in [3.05, 3.63) is 52.5 Å². The minimum atomic E-state index is 0.556. The van der Waals surface area contributed by atoms with E-state index in [1.165, 1.54) is 0 Å². The van der Waals surface area contributed by atoms with Gasteiger partial charge in [-0.25, -0.2) is 0 Å². The van der Waals surface area contributed by atoms with Crippen molar-refractivity contribution in [3.8, 4) is 5.75 Å². The largest absolute Gasteiger partial charge is 0.497 e. The third-order valence-electron chi connectivity index (χ3n) is 2.78. The number of hydrogen-bond donors (Lipinski definition) is 2. The molecular weight excluding hydrogens is 336 g/mol. The Morgan fingerprint density at radius 1 is 1.10 bits per heavy atom. The van der Waals surface area contributed by atoms with Gasteiger partial charge in [-0.2, -0.15) is 0 Å². The molecule has 0 spiro atoms. The molecule has 0 unspecified atom stereocenters. The lowest BCUT2D eigenvalue weighted by Crippen LogP contribution is -2.19. The molecule has 0 amide bonds. The summed E-state index contributed by atoms with van der Waals surface area (Å²) in [6.45, 7) is 2.01. The monoisotopic (exact) mass is 350 g/mol. The number of ether oxygens (including phenoxy) is 1. The third kappa shape index (κ3) is 3.95. The predicted octanol–water partition coefficient (Wildman–Crippen LogP) is 4.58. The highest BCUT2D eigenvalue weighted by Gasteiger charge is 2.03. The van der Waals surface area contributed by atoms with Crippen LogP contribution in [-0.4, -0.2) is 12.2 Å². The first-order valence-electron chi connectivity index (χ1n) is 6.06. The lowest BCUT2D eigenvalue weighted by atomic mass is 10.2. The molecule has 20 heavy (non-hydrogen) atoms. The molecule has 0 radical (unpaired) electrons. The summed E-state index contributed by atoms with van der Waals surface area (Å²) in [5.74, 6) is 0.833. The van der Waals surface area contributed by atoms with Crippen LogP contribution in [-0.2, 0) is 0 Å². The van der Waals surface area contributed by atoms with E-state index in [4.69, 9.17) is 17.0 Å². The molecule has 2 aromatic rings. The van der Waals surface area contributed by atoms with Gasteiger partial charge in [-0.1, -0.05) is 15.9 Å². The Bertz CT molecular complexity index is 614. The molecule has 2 N–H and O–H groups in total. The normalized spacial score (nSPS) is 9.95. The van der Waals surface area contributed by atoms with Crippen LogP contribution in [0.1, 0.15) is 5.56 Å². The van der Waals surface area contributed by atoms with Crippen LogP contribution in [0, 0.1) is 6.92 Å². The van der Waals surface area contributed by atoms with E-state index in [0.717, 1.165) is 27.2 Å². The number of hydrogen-bond acceptors (Lipinski definition) is 2. The predicted molar refractivity (Wildman–Crippen MR) is 91.7 cm³/mol. The molecule has 0 atom stereocenters. The van der Waals surface area contributed by atoms with Crippen molar-refractivity contribution in [3.63, 3.8) is 0 Å². The molecule has 0 bridgehead atoms. The fourth-order valence-electron chi connectivity index (χ4n) is 1.72. The number of halogens is 1. The van der Waals surface area contributed by atoms with Gasteiger partial charge in [-0.05, 0) is 67.2 Å². The van der Waals surface area contributed by atoms with Crippen LogP contribution < -0.4 is 15.4 Å². The maximum absolute atomic E-state index is 5.31. The van der Waals surface area contributed by atoms with Gasteiger partial charge in [-0.3, -0.25) is 0 Å². The van der Waals surface area contributed by atoms with Crippen LogP contribution in [0.5, 0.6) is 5.75 Å². The molecule has 2 rings (SSSR count). The SMILES string of the molecule is COc1ccc(NC(=S)Nc2ccc(Br)cc2)c(C)c1. The standard InChI is InChI=1S/C15H15BrN2OS/c1-10-9-13(19-2)7-8-14(10)18-15(20)17-12-5-3-11(16)4-6-12/h3-9H,1-2H3,(H2,17,18,20). The van der Waals surface area contributed by atoms with Crippen molar-refractivity contribution in [1.82, 2.24) is 0 Å². The Kier molecular flexibility index (Phi) is 4.98. The van der Waals surface area contributed by atoms with E-state index >= 15 is 0 Å². The number of aryl methyl sites for hydroxylation is 1.